The van der Waals surface area contributed by atoms with Crippen molar-refractivity contribution in [2.45, 2.75) is 39.2 Å². The Labute approximate surface area is 164 Å². The number of benzene rings is 2. The highest BCUT2D eigenvalue weighted by Crippen LogP contribution is 2.26. The maximum absolute atomic E-state index is 12.4. The number of methoxy groups -OCH3 is 1. The maximum atomic E-state index is 12.4. The molecule has 1 amide bonds. The Bertz CT molecular complexity index is 825. The first-order valence-electron chi connectivity index (χ1n) is 8.57. The zero-order valence-electron chi connectivity index (χ0n) is 16.1. The minimum atomic E-state index is -0.747. The van der Waals surface area contributed by atoms with Crippen LogP contribution in [0.5, 0.6) is 5.75 Å². The minimum Gasteiger partial charge on any atom is -0.481 e. The van der Waals surface area contributed by atoms with E-state index in [1.54, 1.807) is 6.92 Å². The van der Waals surface area contributed by atoms with Crippen molar-refractivity contribution in [3.63, 3.8) is 0 Å². The van der Waals surface area contributed by atoms with Gasteiger partial charge in [-0.05, 0) is 48.2 Å². The summed E-state index contributed by atoms with van der Waals surface area (Å²) in [5.74, 6) is -0.288. The highest BCUT2D eigenvalue weighted by molar-refractivity contribution is 6.33. The molecule has 2 aromatic carbocycles. The van der Waals surface area contributed by atoms with Crippen LogP contribution in [0.1, 0.15) is 43.6 Å². The van der Waals surface area contributed by atoms with E-state index in [1.807, 2.05) is 24.3 Å². The third-order valence-corrected chi connectivity index (χ3v) is 4.38. The molecule has 6 heteroatoms. The number of hydrogen-bond acceptors (Lipinski definition) is 4. The molecule has 0 aliphatic carbocycles. The van der Waals surface area contributed by atoms with Gasteiger partial charge in [-0.3, -0.25) is 4.79 Å². The van der Waals surface area contributed by atoms with Crippen molar-refractivity contribution in [3.8, 4) is 5.75 Å². The largest absolute Gasteiger partial charge is 0.481 e. The van der Waals surface area contributed by atoms with Crippen molar-refractivity contribution in [2.75, 3.05) is 12.4 Å². The van der Waals surface area contributed by atoms with Gasteiger partial charge in [0.2, 0.25) is 0 Å². The van der Waals surface area contributed by atoms with Crippen molar-refractivity contribution in [1.29, 1.82) is 0 Å². The minimum absolute atomic E-state index is 0.0446. The third kappa shape index (κ3) is 5.47. The number of halogens is 1. The van der Waals surface area contributed by atoms with Gasteiger partial charge in [-0.1, -0.05) is 44.5 Å². The van der Waals surface area contributed by atoms with Crippen LogP contribution in [0.2, 0.25) is 5.02 Å². The smallest absolute Gasteiger partial charge is 0.337 e. The average molecular weight is 390 g/mol. The van der Waals surface area contributed by atoms with Gasteiger partial charge in [0.15, 0.2) is 6.10 Å². The average Bonchev–Trinajstić information content (AvgIpc) is 2.62. The van der Waals surface area contributed by atoms with Gasteiger partial charge >= 0.3 is 5.97 Å². The fraction of sp³-hybridized carbons (Fsp3) is 0.333. The van der Waals surface area contributed by atoms with Crippen LogP contribution < -0.4 is 10.1 Å². The number of ether oxygens (including phenoxy) is 2. The van der Waals surface area contributed by atoms with E-state index in [0.29, 0.717) is 22.0 Å². The summed E-state index contributed by atoms with van der Waals surface area (Å²) < 4.78 is 10.4. The molecule has 2 rings (SSSR count). The predicted octanol–water partition coefficient (Wildman–Crippen LogP) is 4.83. The number of carbonyl (C=O) groups is 2. The Kier molecular flexibility index (Phi) is 6.50. The topological polar surface area (TPSA) is 64.6 Å². The van der Waals surface area contributed by atoms with Crippen LogP contribution in [0.25, 0.3) is 0 Å². The van der Waals surface area contributed by atoms with Crippen LogP contribution >= 0.6 is 11.6 Å². The Morgan fingerprint density at radius 2 is 1.70 bits per heavy atom. The number of nitrogens with one attached hydrogen (secondary N) is 1. The van der Waals surface area contributed by atoms with Gasteiger partial charge in [0.05, 0.1) is 23.4 Å². The van der Waals surface area contributed by atoms with Gasteiger partial charge in [0, 0.05) is 0 Å². The lowest BCUT2D eigenvalue weighted by Gasteiger charge is -2.20. The summed E-state index contributed by atoms with van der Waals surface area (Å²) in [6.45, 7) is 8.03. The van der Waals surface area contributed by atoms with Crippen molar-refractivity contribution in [2.24, 2.45) is 0 Å². The summed E-state index contributed by atoms with van der Waals surface area (Å²) in [5, 5.41) is 3.00. The van der Waals surface area contributed by atoms with Gasteiger partial charge in [-0.2, -0.15) is 0 Å². The molecule has 0 aliphatic heterocycles. The maximum Gasteiger partial charge on any atom is 0.337 e. The molecule has 0 saturated carbocycles. The van der Waals surface area contributed by atoms with Gasteiger partial charge < -0.3 is 14.8 Å². The van der Waals surface area contributed by atoms with Gasteiger partial charge in [0.1, 0.15) is 5.75 Å². The molecule has 2 aromatic rings. The molecule has 144 valence electrons. The van der Waals surface area contributed by atoms with Crippen LogP contribution in [0.3, 0.4) is 0 Å². The standard InChI is InChI=1S/C21H24ClNO4/c1-13(27-16-9-7-15(8-10-16)21(2,3)4)19(24)23-18-12-14(20(25)26-5)6-11-17(18)22/h6-13H,1-5H3,(H,23,24). The SMILES string of the molecule is COC(=O)c1ccc(Cl)c(NC(=O)C(C)Oc2ccc(C(C)(C)C)cc2)c1. The van der Waals surface area contributed by atoms with Gasteiger partial charge in [-0.25, -0.2) is 4.79 Å². The first-order valence-corrected chi connectivity index (χ1v) is 8.95. The van der Waals surface area contributed by atoms with E-state index < -0.39 is 12.1 Å². The van der Waals surface area contributed by atoms with Crippen LogP contribution in [0, 0.1) is 0 Å². The molecule has 0 aromatic heterocycles. The number of esters is 1. The van der Waals surface area contributed by atoms with Crippen molar-refractivity contribution in [1.82, 2.24) is 0 Å². The van der Waals surface area contributed by atoms with Gasteiger partial charge in [0.25, 0.3) is 5.91 Å². The normalized spacial score (nSPS) is 12.2. The van der Waals surface area contributed by atoms with Crippen LogP contribution in [-0.4, -0.2) is 25.1 Å². The Morgan fingerprint density at radius 3 is 2.26 bits per heavy atom. The first kappa shape index (κ1) is 20.8. The molecule has 0 fully saturated rings. The van der Waals surface area contributed by atoms with E-state index in [1.165, 1.54) is 30.9 Å². The Hall–Kier alpha value is -2.53. The first-order chi connectivity index (χ1) is 12.6. The Morgan fingerprint density at radius 1 is 1.07 bits per heavy atom. The summed E-state index contributed by atoms with van der Waals surface area (Å²) in [4.78, 5) is 24.1. The third-order valence-electron chi connectivity index (χ3n) is 4.05. The monoisotopic (exact) mass is 389 g/mol. The van der Waals surface area contributed by atoms with E-state index in [4.69, 9.17) is 16.3 Å². The molecule has 1 N–H and O–H groups in total. The van der Waals surface area contributed by atoms with Crippen LogP contribution in [-0.2, 0) is 14.9 Å². The van der Waals surface area contributed by atoms with E-state index >= 15 is 0 Å². The molecular formula is C21H24ClNO4. The second kappa shape index (κ2) is 8.44. The lowest BCUT2D eigenvalue weighted by atomic mass is 9.87. The molecule has 0 bridgehead atoms. The lowest BCUT2D eigenvalue weighted by Crippen LogP contribution is -2.30. The zero-order chi connectivity index (χ0) is 20.2. The lowest BCUT2D eigenvalue weighted by molar-refractivity contribution is -0.122. The van der Waals surface area contributed by atoms with Crippen molar-refractivity contribution in [3.05, 3.63) is 58.6 Å². The highest BCUT2D eigenvalue weighted by atomic mass is 35.5. The summed E-state index contributed by atoms with van der Waals surface area (Å²) in [6.07, 6.45) is -0.747. The number of amides is 1. The highest BCUT2D eigenvalue weighted by Gasteiger charge is 2.18. The fourth-order valence-corrected chi connectivity index (χ4v) is 2.56. The summed E-state index contributed by atoms with van der Waals surface area (Å²) in [5.41, 5.74) is 1.84. The molecule has 0 heterocycles. The second-order valence-corrected chi connectivity index (χ2v) is 7.62. The summed E-state index contributed by atoms with van der Waals surface area (Å²) in [6, 6.07) is 12.2. The second-order valence-electron chi connectivity index (χ2n) is 7.21. The number of hydrogen-bond donors (Lipinski definition) is 1. The fourth-order valence-electron chi connectivity index (χ4n) is 2.39. The molecule has 0 spiro atoms. The molecule has 1 unspecified atom stereocenters. The molecule has 27 heavy (non-hydrogen) atoms. The molecule has 0 saturated heterocycles. The van der Waals surface area contributed by atoms with E-state index in [-0.39, 0.29) is 11.3 Å². The van der Waals surface area contributed by atoms with Crippen LogP contribution in [0.15, 0.2) is 42.5 Å². The molecule has 5 nitrogen and oxygen atoms in total. The van der Waals surface area contributed by atoms with Crippen molar-refractivity contribution < 1.29 is 19.1 Å². The van der Waals surface area contributed by atoms with E-state index in [2.05, 4.69) is 30.8 Å². The number of rotatable bonds is 5. The predicted molar refractivity (Wildman–Crippen MR) is 107 cm³/mol. The van der Waals surface area contributed by atoms with E-state index in [0.717, 1.165) is 0 Å². The molecule has 0 radical (unpaired) electrons. The molecule has 1 atom stereocenters. The summed E-state index contributed by atoms with van der Waals surface area (Å²) >= 11 is 6.11. The summed E-state index contributed by atoms with van der Waals surface area (Å²) in [7, 11) is 1.29. The molecular weight excluding hydrogens is 366 g/mol. The zero-order valence-corrected chi connectivity index (χ0v) is 16.9. The Balaban J connectivity index is 2.06. The van der Waals surface area contributed by atoms with E-state index in [9.17, 15) is 9.59 Å². The number of anilines is 1. The quantitative estimate of drug-likeness (QED) is 0.744. The van der Waals surface area contributed by atoms with Crippen molar-refractivity contribution >= 4 is 29.2 Å². The van der Waals surface area contributed by atoms with Crippen LogP contribution in [0.4, 0.5) is 5.69 Å². The van der Waals surface area contributed by atoms with Gasteiger partial charge in [-0.15, -0.1) is 0 Å². The molecule has 0 aliphatic rings. The number of carbonyl (C=O) groups excluding carboxylic acids is 2.